The molecule has 2 amide bonds. The third-order valence-electron chi connectivity index (χ3n) is 11.2. The lowest BCUT2D eigenvalue weighted by atomic mass is 9.59. The van der Waals surface area contributed by atoms with Gasteiger partial charge in [0, 0.05) is 5.02 Å². The highest BCUT2D eigenvalue weighted by Gasteiger charge is 2.82. The molecule has 10 rings (SSSR count). The Labute approximate surface area is 297 Å². The second-order valence-electron chi connectivity index (χ2n) is 13.5. The van der Waals surface area contributed by atoms with Gasteiger partial charge in [0.1, 0.15) is 0 Å². The molecule has 5 aliphatic rings. The fourth-order valence-corrected chi connectivity index (χ4v) is 9.38. The standard InChI is InChI=1S/C42H28ClNO7/c1-23-12-15-28(20-29(23)43)44-38(45)36-37(39(44)46)42(27-10-6-3-7-11-27)35(25-14-17-31-33(19-25)51-22-49-31)34(24-13-16-30-32(18-24)50-21-48-30)41(36,40(42)47)26-8-4-2-5-9-26/h2-20,36-37H,21-22H2,1H3/t36-,37-,41+,42+/m1/s1. The average Bonchev–Trinajstić information content (AvgIpc) is 3.96. The van der Waals surface area contributed by atoms with Crippen LogP contribution in [-0.2, 0) is 25.2 Å². The Kier molecular flexibility index (Phi) is 6.22. The summed E-state index contributed by atoms with van der Waals surface area (Å²) in [6.07, 6.45) is 0. The van der Waals surface area contributed by atoms with Crippen molar-refractivity contribution < 1.29 is 33.3 Å². The maximum atomic E-state index is 16.2. The summed E-state index contributed by atoms with van der Waals surface area (Å²) < 4.78 is 23.1. The third kappa shape index (κ3) is 3.72. The summed E-state index contributed by atoms with van der Waals surface area (Å²) in [7, 11) is 0. The quantitative estimate of drug-likeness (QED) is 0.179. The first-order valence-corrected chi connectivity index (χ1v) is 17.1. The van der Waals surface area contributed by atoms with E-state index in [1.165, 1.54) is 4.90 Å². The lowest BCUT2D eigenvalue weighted by Gasteiger charge is -2.39. The number of allylic oxidation sites excluding steroid dienone is 2. The fraction of sp³-hybridized carbons (Fsp3) is 0.167. The smallest absolute Gasteiger partial charge is 0.239 e. The molecule has 250 valence electrons. The van der Waals surface area contributed by atoms with Gasteiger partial charge in [0.05, 0.1) is 28.4 Å². The number of halogens is 1. The Morgan fingerprint density at radius 2 is 1.06 bits per heavy atom. The maximum absolute atomic E-state index is 16.2. The molecule has 3 heterocycles. The molecule has 1 saturated carbocycles. The molecule has 5 aromatic carbocycles. The van der Waals surface area contributed by atoms with Crippen LogP contribution in [0, 0.1) is 18.8 Å². The first-order valence-electron chi connectivity index (χ1n) is 16.7. The Morgan fingerprint density at radius 1 is 0.588 bits per heavy atom. The Hall–Kier alpha value is -5.86. The number of hydrogen-bond donors (Lipinski definition) is 0. The van der Waals surface area contributed by atoms with E-state index >= 15 is 14.4 Å². The van der Waals surface area contributed by atoms with E-state index in [4.69, 9.17) is 30.5 Å². The van der Waals surface area contributed by atoms with E-state index < -0.39 is 34.5 Å². The maximum Gasteiger partial charge on any atom is 0.239 e. The highest BCUT2D eigenvalue weighted by molar-refractivity contribution is 6.39. The largest absolute Gasteiger partial charge is 0.454 e. The van der Waals surface area contributed by atoms with Crippen molar-refractivity contribution in [3.05, 3.63) is 148 Å². The molecule has 0 N–H and O–H groups in total. The molecule has 2 aliphatic carbocycles. The summed E-state index contributed by atoms with van der Waals surface area (Å²) in [4.78, 5) is 47.9. The van der Waals surface area contributed by atoms with E-state index in [1.54, 1.807) is 18.2 Å². The van der Waals surface area contributed by atoms with E-state index in [9.17, 15) is 0 Å². The van der Waals surface area contributed by atoms with Gasteiger partial charge < -0.3 is 18.9 Å². The van der Waals surface area contributed by atoms with Gasteiger partial charge in [0.25, 0.3) is 0 Å². The summed E-state index contributed by atoms with van der Waals surface area (Å²) in [5, 5.41) is 0.431. The van der Waals surface area contributed by atoms with Crippen LogP contribution in [-0.4, -0.2) is 31.2 Å². The lowest BCUT2D eigenvalue weighted by Crippen LogP contribution is -2.45. The van der Waals surface area contributed by atoms with Crippen LogP contribution in [0.25, 0.3) is 11.1 Å². The molecular formula is C42H28ClNO7. The van der Waals surface area contributed by atoms with Crippen LogP contribution in [0.2, 0.25) is 5.02 Å². The molecule has 2 fully saturated rings. The van der Waals surface area contributed by atoms with Gasteiger partial charge in [-0.3, -0.25) is 14.4 Å². The van der Waals surface area contributed by atoms with Gasteiger partial charge in [-0.2, -0.15) is 0 Å². The van der Waals surface area contributed by atoms with Gasteiger partial charge in [0.2, 0.25) is 25.4 Å². The molecule has 0 spiro atoms. The molecule has 9 heteroatoms. The molecule has 0 unspecified atom stereocenters. The lowest BCUT2D eigenvalue weighted by molar-refractivity contribution is -0.130. The van der Waals surface area contributed by atoms with Gasteiger partial charge in [0.15, 0.2) is 28.8 Å². The minimum absolute atomic E-state index is 0.0648. The van der Waals surface area contributed by atoms with Gasteiger partial charge in [-0.05, 0) is 82.3 Å². The number of benzene rings is 5. The number of carbonyl (C=O) groups is 3. The summed E-state index contributed by atoms with van der Waals surface area (Å²) in [6.45, 7) is 1.99. The number of anilines is 1. The first kappa shape index (κ1) is 30.0. The number of imide groups is 1. The number of carbonyl (C=O) groups excluding carboxylic acids is 3. The van der Waals surface area contributed by atoms with Gasteiger partial charge in [-0.15, -0.1) is 0 Å². The second-order valence-corrected chi connectivity index (χ2v) is 13.9. The van der Waals surface area contributed by atoms with Crippen LogP contribution < -0.4 is 23.8 Å². The molecule has 5 aromatic rings. The van der Waals surface area contributed by atoms with Crippen LogP contribution >= 0.6 is 11.6 Å². The van der Waals surface area contributed by atoms with Crippen LogP contribution in [0.4, 0.5) is 5.69 Å². The molecule has 2 bridgehead atoms. The van der Waals surface area contributed by atoms with Crippen LogP contribution in [0.3, 0.4) is 0 Å². The Morgan fingerprint density at radius 3 is 1.53 bits per heavy atom. The zero-order valence-electron chi connectivity index (χ0n) is 27.2. The SMILES string of the molecule is Cc1ccc(N2C(=O)[C@H]3[C@H](C2=O)[C@@]2(c4ccccc4)C(=O)[C@@]3(c3ccccc3)C(c3ccc4c(c3)OCO4)=C2c2ccc3c(c2)OCO3)cc1Cl. The van der Waals surface area contributed by atoms with Crippen molar-refractivity contribution in [3.63, 3.8) is 0 Å². The van der Waals surface area contributed by atoms with Crippen molar-refractivity contribution in [2.75, 3.05) is 18.5 Å². The molecule has 0 radical (unpaired) electrons. The van der Waals surface area contributed by atoms with Gasteiger partial charge in [-0.25, -0.2) is 4.90 Å². The van der Waals surface area contributed by atoms with Crippen molar-refractivity contribution in [3.8, 4) is 23.0 Å². The van der Waals surface area contributed by atoms with E-state index in [0.29, 0.717) is 67.1 Å². The number of ketones is 1. The topological polar surface area (TPSA) is 91.4 Å². The monoisotopic (exact) mass is 693 g/mol. The van der Waals surface area contributed by atoms with Crippen molar-refractivity contribution in [2.45, 2.75) is 17.8 Å². The second kappa shape index (κ2) is 10.6. The van der Waals surface area contributed by atoms with Crippen LogP contribution in [0.1, 0.15) is 27.8 Å². The first-order chi connectivity index (χ1) is 24.9. The highest BCUT2D eigenvalue weighted by atomic mass is 35.5. The zero-order valence-corrected chi connectivity index (χ0v) is 28.0. The van der Waals surface area contributed by atoms with Crippen molar-refractivity contribution in [2.24, 2.45) is 11.8 Å². The van der Waals surface area contributed by atoms with Gasteiger partial charge >= 0.3 is 0 Å². The van der Waals surface area contributed by atoms with Crippen LogP contribution in [0.15, 0.2) is 115 Å². The average molecular weight is 694 g/mol. The number of fused-ring (bicyclic) bond motifs is 7. The van der Waals surface area contributed by atoms with Crippen molar-refractivity contribution in [1.82, 2.24) is 0 Å². The molecule has 8 nitrogen and oxygen atoms in total. The van der Waals surface area contributed by atoms with Crippen LogP contribution in [0.5, 0.6) is 23.0 Å². The number of hydrogen-bond acceptors (Lipinski definition) is 7. The Balaban J connectivity index is 1.36. The normalized spacial score (nSPS) is 25.3. The summed E-state index contributed by atoms with van der Waals surface area (Å²) in [5.74, 6) is -1.10. The molecule has 3 aliphatic heterocycles. The number of rotatable bonds is 5. The number of amides is 2. The number of aryl methyl sites for hydroxylation is 1. The highest BCUT2D eigenvalue weighted by Crippen LogP contribution is 2.74. The molecule has 0 aromatic heterocycles. The van der Waals surface area contributed by atoms with E-state index in [-0.39, 0.29) is 19.4 Å². The number of Topliss-reactive ketones (excluding diaryl/α,β-unsaturated/α-hetero) is 1. The third-order valence-corrected chi connectivity index (χ3v) is 11.6. The fourth-order valence-electron chi connectivity index (χ4n) is 9.20. The molecule has 51 heavy (non-hydrogen) atoms. The molecule has 4 atom stereocenters. The summed E-state index contributed by atoms with van der Waals surface area (Å²) in [6, 6.07) is 35.1. The minimum Gasteiger partial charge on any atom is -0.454 e. The van der Waals surface area contributed by atoms with Crippen molar-refractivity contribution in [1.29, 1.82) is 0 Å². The van der Waals surface area contributed by atoms with E-state index in [2.05, 4.69) is 0 Å². The summed E-state index contributed by atoms with van der Waals surface area (Å²) in [5.41, 5.74) is 1.86. The minimum atomic E-state index is -1.59. The van der Waals surface area contributed by atoms with Gasteiger partial charge in [-0.1, -0.05) is 90.5 Å². The zero-order chi connectivity index (χ0) is 34.6. The molecule has 1 saturated heterocycles. The number of ether oxygens (including phenoxy) is 4. The number of nitrogens with zero attached hydrogens (tertiary/aromatic N) is 1. The predicted molar refractivity (Wildman–Crippen MR) is 189 cm³/mol. The molecular weight excluding hydrogens is 666 g/mol. The van der Waals surface area contributed by atoms with Crippen molar-refractivity contribution >= 4 is 46.0 Å². The Bertz CT molecular complexity index is 2250. The predicted octanol–water partition coefficient (Wildman–Crippen LogP) is 7.29. The van der Waals surface area contributed by atoms with E-state index in [0.717, 1.165) is 5.56 Å². The van der Waals surface area contributed by atoms with E-state index in [1.807, 2.05) is 104 Å². The summed E-state index contributed by atoms with van der Waals surface area (Å²) >= 11 is 6.59.